The molecule has 2 N–H and O–H groups in total. The van der Waals surface area contributed by atoms with Gasteiger partial charge in [0.1, 0.15) is 5.82 Å². The number of nitrogens with two attached hydrogens (primary N) is 1. The van der Waals surface area contributed by atoms with Gasteiger partial charge in [-0.1, -0.05) is 0 Å². The van der Waals surface area contributed by atoms with E-state index in [0.717, 1.165) is 5.82 Å². The average molecular weight is 222 g/mol. The standard InChI is InChI=1S/C11H18N4O/c1-3-15-9(16)6-8(7-12)10(15)11-13-4-5-14(11)2/h4-5,8,10H,3,6-7,12H2,1-2H3/t8-,10-/m1/s1. The third-order valence-corrected chi connectivity index (χ3v) is 3.31. The van der Waals surface area contributed by atoms with Gasteiger partial charge in [-0.2, -0.15) is 0 Å². The summed E-state index contributed by atoms with van der Waals surface area (Å²) in [4.78, 5) is 18.0. The molecule has 0 aromatic carbocycles. The third-order valence-electron chi connectivity index (χ3n) is 3.31. The second kappa shape index (κ2) is 4.25. The molecular weight excluding hydrogens is 204 g/mol. The van der Waals surface area contributed by atoms with Crippen LogP contribution in [0.5, 0.6) is 0 Å². The number of carbonyl (C=O) groups is 1. The Morgan fingerprint density at radius 3 is 2.88 bits per heavy atom. The van der Waals surface area contributed by atoms with Crippen molar-refractivity contribution in [3.8, 4) is 0 Å². The van der Waals surface area contributed by atoms with Crippen LogP contribution in [-0.2, 0) is 11.8 Å². The van der Waals surface area contributed by atoms with Crippen LogP contribution in [0.3, 0.4) is 0 Å². The second-order valence-electron chi connectivity index (χ2n) is 4.22. The van der Waals surface area contributed by atoms with Gasteiger partial charge in [0.05, 0.1) is 6.04 Å². The van der Waals surface area contributed by atoms with Crippen LogP contribution in [-0.4, -0.2) is 33.4 Å². The molecule has 88 valence electrons. The molecule has 1 fully saturated rings. The Morgan fingerprint density at radius 1 is 1.62 bits per heavy atom. The largest absolute Gasteiger partial charge is 0.336 e. The van der Waals surface area contributed by atoms with Crippen LogP contribution in [0.1, 0.15) is 25.2 Å². The van der Waals surface area contributed by atoms with Gasteiger partial charge in [0.25, 0.3) is 0 Å². The van der Waals surface area contributed by atoms with Crippen molar-refractivity contribution in [3.63, 3.8) is 0 Å². The molecule has 0 radical (unpaired) electrons. The minimum Gasteiger partial charge on any atom is -0.336 e. The van der Waals surface area contributed by atoms with Gasteiger partial charge in [-0.05, 0) is 13.5 Å². The Labute approximate surface area is 95.2 Å². The number of aromatic nitrogens is 2. The molecule has 0 spiro atoms. The zero-order valence-electron chi connectivity index (χ0n) is 9.76. The highest BCUT2D eigenvalue weighted by atomic mass is 16.2. The number of amides is 1. The van der Waals surface area contributed by atoms with E-state index in [4.69, 9.17) is 5.73 Å². The van der Waals surface area contributed by atoms with Crippen molar-refractivity contribution in [3.05, 3.63) is 18.2 Å². The maximum atomic E-state index is 11.8. The molecule has 1 saturated heterocycles. The van der Waals surface area contributed by atoms with Crippen molar-refractivity contribution in [2.24, 2.45) is 18.7 Å². The summed E-state index contributed by atoms with van der Waals surface area (Å²) >= 11 is 0. The summed E-state index contributed by atoms with van der Waals surface area (Å²) in [5, 5.41) is 0. The molecule has 16 heavy (non-hydrogen) atoms. The van der Waals surface area contributed by atoms with Crippen LogP contribution in [0.4, 0.5) is 0 Å². The predicted molar refractivity (Wildman–Crippen MR) is 60.5 cm³/mol. The minimum absolute atomic E-state index is 0.0440. The first kappa shape index (κ1) is 11.1. The molecule has 2 atom stereocenters. The quantitative estimate of drug-likeness (QED) is 0.799. The van der Waals surface area contributed by atoms with Crippen molar-refractivity contribution in [2.75, 3.05) is 13.1 Å². The lowest BCUT2D eigenvalue weighted by Gasteiger charge is -2.26. The molecule has 1 aromatic heterocycles. The molecule has 1 aromatic rings. The third kappa shape index (κ3) is 1.61. The van der Waals surface area contributed by atoms with Crippen LogP contribution in [0.2, 0.25) is 0 Å². The Morgan fingerprint density at radius 2 is 2.38 bits per heavy atom. The molecular formula is C11H18N4O. The predicted octanol–water partition coefficient (Wildman–Crippen LogP) is 0.288. The van der Waals surface area contributed by atoms with E-state index in [2.05, 4.69) is 4.98 Å². The number of nitrogens with zero attached hydrogens (tertiary/aromatic N) is 3. The van der Waals surface area contributed by atoms with Gasteiger partial charge in [0.15, 0.2) is 0 Å². The summed E-state index contributed by atoms with van der Waals surface area (Å²) in [6, 6.07) is 0.0440. The highest BCUT2D eigenvalue weighted by Gasteiger charge is 2.40. The Hall–Kier alpha value is -1.36. The fourth-order valence-electron chi connectivity index (χ4n) is 2.46. The van der Waals surface area contributed by atoms with E-state index in [0.29, 0.717) is 19.5 Å². The number of rotatable bonds is 3. The van der Waals surface area contributed by atoms with E-state index in [1.807, 2.05) is 29.6 Å². The van der Waals surface area contributed by atoms with Crippen LogP contribution >= 0.6 is 0 Å². The maximum Gasteiger partial charge on any atom is 0.223 e. The Balaban J connectivity index is 2.35. The van der Waals surface area contributed by atoms with E-state index in [-0.39, 0.29) is 17.9 Å². The molecule has 1 aliphatic heterocycles. The summed E-state index contributed by atoms with van der Waals surface area (Å²) in [5.41, 5.74) is 5.74. The SMILES string of the molecule is CCN1C(=O)C[C@H](CN)[C@@H]1c1nccn1C. The first-order valence-electron chi connectivity index (χ1n) is 5.65. The molecule has 5 heteroatoms. The van der Waals surface area contributed by atoms with Crippen molar-refractivity contribution < 1.29 is 4.79 Å². The summed E-state index contributed by atoms with van der Waals surface area (Å²) in [7, 11) is 1.95. The molecule has 5 nitrogen and oxygen atoms in total. The zero-order chi connectivity index (χ0) is 11.7. The van der Waals surface area contributed by atoms with Gasteiger partial charge in [0.2, 0.25) is 5.91 Å². The Bertz CT molecular complexity index is 387. The van der Waals surface area contributed by atoms with E-state index < -0.39 is 0 Å². The van der Waals surface area contributed by atoms with Crippen LogP contribution < -0.4 is 5.73 Å². The van der Waals surface area contributed by atoms with Gasteiger partial charge in [0, 0.05) is 38.3 Å². The van der Waals surface area contributed by atoms with Crippen LogP contribution in [0.15, 0.2) is 12.4 Å². The lowest BCUT2D eigenvalue weighted by atomic mass is 10.00. The summed E-state index contributed by atoms with van der Waals surface area (Å²) in [6.07, 6.45) is 4.21. The smallest absolute Gasteiger partial charge is 0.223 e. The van der Waals surface area contributed by atoms with Crippen molar-refractivity contribution in [2.45, 2.75) is 19.4 Å². The molecule has 0 aliphatic carbocycles. The highest BCUT2D eigenvalue weighted by molar-refractivity contribution is 5.79. The number of aryl methyl sites for hydroxylation is 1. The number of hydrogen-bond acceptors (Lipinski definition) is 3. The van der Waals surface area contributed by atoms with E-state index in [1.54, 1.807) is 6.20 Å². The molecule has 0 bridgehead atoms. The fourth-order valence-corrected chi connectivity index (χ4v) is 2.46. The molecule has 2 rings (SSSR count). The van der Waals surface area contributed by atoms with E-state index in [1.165, 1.54) is 0 Å². The van der Waals surface area contributed by atoms with E-state index in [9.17, 15) is 4.79 Å². The molecule has 0 saturated carbocycles. The molecule has 2 heterocycles. The lowest BCUT2D eigenvalue weighted by molar-refractivity contribution is -0.128. The fraction of sp³-hybridized carbons (Fsp3) is 0.636. The molecule has 1 aliphatic rings. The normalized spacial score (nSPS) is 25.4. The number of carbonyl (C=O) groups excluding carboxylic acids is 1. The van der Waals surface area contributed by atoms with Crippen molar-refractivity contribution in [1.82, 2.24) is 14.5 Å². The van der Waals surface area contributed by atoms with Gasteiger partial charge < -0.3 is 15.2 Å². The molecule has 1 amide bonds. The summed E-state index contributed by atoms with van der Waals surface area (Å²) < 4.78 is 1.97. The number of hydrogen-bond donors (Lipinski definition) is 1. The van der Waals surface area contributed by atoms with Gasteiger partial charge in [-0.25, -0.2) is 4.98 Å². The summed E-state index contributed by atoms with van der Waals surface area (Å²) in [6.45, 7) is 3.24. The topological polar surface area (TPSA) is 64.2 Å². The summed E-state index contributed by atoms with van der Waals surface area (Å²) in [5.74, 6) is 1.31. The van der Waals surface area contributed by atoms with Gasteiger partial charge in [-0.3, -0.25) is 4.79 Å². The monoisotopic (exact) mass is 222 g/mol. The minimum atomic E-state index is 0.0440. The van der Waals surface area contributed by atoms with Crippen molar-refractivity contribution in [1.29, 1.82) is 0 Å². The number of imidazole rings is 1. The van der Waals surface area contributed by atoms with Gasteiger partial charge >= 0.3 is 0 Å². The van der Waals surface area contributed by atoms with Gasteiger partial charge in [-0.15, -0.1) is 0 Å². The second-order valence-corrected chi connectivity index (χ2v) is 4.22. The van der Waals surface area contributed by atoms with Crippen LogP contribution in [0, 0.1) is 5.92 Å². The molecule has 0 unspecified atom stereocenters. The maximum absolute atomic E-state index is 11.8. The first-order valence-corrected chi connectivity index (χ1v) is 5.65. The van der Waals surface area contributed by atoms with Crippen LogP contribution in [0.25, 0.3) is 0 Å². The zero-order valence-corrected chi connectivity index (χ0v) is 9.76. The first-order chi connectivity index (χ1) is 7.69. The average Bonchev–Trinajstić information content (AvgIpc) is 2.81. The van der Waals surface area contributed by atoms with E-state index >= 15 is 0 Å². The Kier molecular flexibility index (Phi) is 2.96. The van der Waals surface area contributed by atoms with Crippen molar-refractivity contribution >= 4 is 5.91 Å². The highest BCUT2D eigenvalue weighted by Crippen LogP contribution is 2.36. The number of likely N-dealkylation sites (tertiary alicyclic amines) is 1. The lowest BCUT2D eigenvalue weighted by Crippen LogP contribution is -2.32.